The molecular weight excluding hydrogens is 174 g/mol. The minimum absolute atomic E-state index is 0.396. The summed E-state index contributed by atoms with van der Waals surface area (Å²) in [4.78, 5) is 13.6. The lowest BCUT2D eigenvalue weighted by Crippen LogP contribution is -2.30. The Balaban J connectivity index is 2.14. The van der Waals surface area contributed by atoms with Crippen LogP contribution in [0.4, 0.5) is 0 Å². The normalized spacial score (nSPS) is 17.9. The highest BCUT2D eigenvalue weighted by Gasteiger charge is 2.17. The van der Waals surface area contributed by atoms with Crippen molar-refractivity contribution in [1.29, 1.82) is 0 Å². The summed E-state index contributed by atoms with van der Waals surface area (Å²) in [6, 6.07) is 0. The molecule has 14 heavy (non-hydrogen) atoms. The van der Waals surface area contributed by atoms with Crippen LogP contribution in [0, 0.1) is 5.92 Å². The Labute approximate surface area is 87.7 Å². The second-order valence-electron chi connectivity index (χ2n) is 4.64. The van der Waals surface area contributed by atoms with Crippen molar-refractivity contribution in [2.75, 3.05) is 20.1 Å². The zero-order chi connectivity index (χ0) is 10.4. The van der Waals surface area contributed by atoms with Gasteiger partial charge in [0.05, 0.1) is 6.54 Å². The number of ketones is 1. The van der Waals surface area contributed by atoms with Crippen LogP contribution in [-0.2, 0) is 4.79 Å². The number of Topliss-reactive ketones (excluding diaryl/α,β-unsaturated/α-hetero) is 1. The van der Waals surface area contributed by atoms with Crippen LogP contribution in [-0.4, -0.2) is 30.8 Å². The van der Waals surface area contributed by atoms with E-state index in [4.69, 9.17) is 0 Å². The first-order valence-electron chi connectivity index (χ1n) is 5.92. The van der Waals surface area contributed by atoms with Crippen LogP contribution < -0.4 is 0 Å². The minimum atomic E-state index is 0.396. The molecule has 1 saturated carbocycles. The van der Waals surface area contributed by atoms with E-state index in [9.17, 15) is 4.79 Å². The molecule has 1 fully saturated rings. The molecule has 0 aliphatic heterocycles. The van der Waals surface area contributed by atoms with Gasteiger partial charge in [-0.25, -0.2) is 0 Å². The molecule has 0 bridgehead atoms. The van der Waals surface area contributed by atoms with Crippen molar-refractivity contribution in [3.05, 3.63) is 0 Å². The number of hydrogen-bond donors (Lipinski definition) is 0. The van der Waals surface area contributed by atoms with Gasteiger partial charge in [0.2, 0.25) is 0 Å². The smallest absolute Gasteiger partial charge is 0.146 e. The van der Waals surface area contributed by atoms with Crippen LogP contribution in [0.2, 0.25) is 0 Å². The van der Waals surface area contributed by atoms with Crippen molar-refractivity contribution >= 4 is 5.78 Å². The summed E-state index contributed by atoms with van der Waals surface area (Å²) in [6.45, 7) is 3.84. The summed E-state index contributed by atoms with van der Waals surface area (Å²) < 4.78 is 0. The average Bonchev–Trinajstić information content (AvgIpc) is 2.56. The molecule has 0 amide bonds. The molecule has 2 nitrogen and oxygen atoms in total. The topological polar surface area (TPSA) is 20.3 Å². The Bertz CT molecular complexity index is 173. The van der Waals surface area contributed by atoms with Crippen molar-refractivity contribution in [3.63, 3.8) is 0 Å². The maximum absolute atomic E-state index is 11.4. The van der Waals surface area contributed by atoms with Gasteiger partial charge >= 0.3 is 0 Å². The van der Waals surface area contributed by atoms with Crippen molar-refractivity contribution in [2.24, 2.45) is 5.92 Å². The third-order valence-electron chi connectivity index (χ3n) is 3.02. The number of carbonyl (C=O) groups is 1. The number of nitrogens with zero attached hydrogens (tertiary/aromatic N) is 1. The second kappa shape index (κ2) is 6.18. The van der Waals surface area contributed by atoms with E-state index in [2.05, 4.69) is 18.9 Å². The molecule has 1 aliphatic carbocycles. The van der Waals surface area contributed by atoms with Crippen molar-refractivity contribution < 1.29 is 4.79 Å². The maximum Gasteiger partial charge on any atom is 0.146 e. The Hall–Kier alpha value is -0.370. The zero-order valence-electron chi connectivity index (χ0n) is 9.59. The van der Waals surface area contributed by atoms with Crippen molar-refractivity contribution in [2.45, 2.75) is 45.4 Å². The molecule has 0 atom stereocenters. The Morgan fingerprint density at radius 2 is 2.00 bits per heavy atom. The van der Waals surface area contributed by atoms with E-state index in [1.807, 2.05) is 0 Å². The second-order valence-corrected chi connectivity index (χ2v) is 4.64. The van der Waals surface area contributed by atoms with Gasteiger partial charge in [-0.05, 0) is 32.2 Å². The summed E-state index contributed by atoms with van der Waals surface area (Å²) in [7, 11) is 2.08. The molecule has 0 spiro atoms. The third kappa shape index (κ3) is 4.23. The lowest BCUT2D eigenvalue weighted by Gasteiger charge is -2.19. The third-order valence-corrected chi connectivity index (χ3v) is 3.02. The average molecular weight is 197 g/mol. The molecule has 0 N–H and O–H groups in total. The summed E-state index contributed by atoms with van der Waals surface area (Å²) in [6.07, 6.45) is 7.24. The van der Waals surface area contributed by atoms with E-state index in [1.54, 1.807) is 0 Å². The van der Waals surface area contributed by atoms with E-state index in [0.29, 0.717) is 12.3 Å². The van der Waals surface area contributed by atoms with Gasteiger partial charge in [0.25, 0.3) is 0 Å². The minimum Gasteiger partial charge on any atom is -0.299 e. The number of likely N-dealkylation sites (N-methyl/N-ethyl adjacent to an activating group) is 1. The molecule has 0 saturated heterocycles. The van der Waals surface area contributed by atoms with Gasteiger partial charge in [-0.1, -0.05) is 19.8 Å². The lowest BCUT2D eigenvalue weighted by molar-refractivity contribution is -0.120. The van der Waals surface area contributed by atoms with Crippen molar-refractivity contribution in [1.82, 2.24) is 4.90 Å². The molecular formula is C12H23NO. The summed E-state index contributed by atoms with van der Waals surface area (Å²) >= 11 is 0. The van der Waals surface area contributed by atoms with E-state index < -0.39 is 0 Å². The van der Waals surface area contributed by atoms with E-state index in [-0.39, 0.29) is 0 Å². The van der Waals surface area contributed by atoms with E-state index in [0.717, 1.165) is 25.3 Å². The highest BCUT2D eigenvalue weighted by molar-refractivity contribution is 5.80. The SMILES string of the molecule is CCCC(=O)CN(C)CC1CCCC1. The van der Waals surface area contributed by atoms with Crippen LogP contribution in [0.15, 0.2) is 0 Å². The predicted octanol–water partition coefficient (Wildman–Crippen LogP) is 2.48. The summed E-state index contributed by atoms with van der Waals surface area (Å²) in [5.74, 6) is 1.25. The molecule has 0 heterocycles. The molecule has 0 aromatic rings. The quantitative estimate of drug-likeness (QED) is 0.652. The van der Waals surface area contributed by atoms with E-state index in [1.165, 1.54) is 25.7 Å². The van der Waals surface area contributed by atoms with Crippen LogP contribution in [0.5, 0.6) is 0 Å². The monoisotopic (exact) mass is 197 g/mol. The van der Waals surface area contributed by atoms with E-state index >= 15 is 0 Å². The maximum atomic E-state index is 11.4. The first-order valence-corrected chi connectivity index (χ1v) is 5.92. The fourth-order valence-electron chi connectivity index (χ4n) is 2.36. The van der Waals surface area contributed by atoms with Gasteiger partial charge < -0.3 is 0 Å². The van der Waals surface area contributed by atoms with Crippen LogP contribution in [0.1, 0.15) is 45.4 Å². The molecule has 1 rings (SSSR count). The van der Waals surface area contributed by atoms with Gasteiger partial charge in [0.15, 0.2) is 0 Å². The highest BCUT2D eigenvalue weighted by Crippen LogP contribution is 2.24. The van der Waals surface area contributed by atoms with Gasteiger partial charge in [0.1, 0.15) is 5.78 Å². The highest BCUT2D eigenvalue weighted by atomic mass is 16.1. The number of carbonyl (C=O) groups excluding carboxylic acids is 1. The molecule has 0 unspecified atom stereocenters. The first kappa shape index (κ1) is 11.7. The fraction of sp³-hybridized carbons (Fsp3) is 0.917. The molecule has 1 aliphatic rings. The summed E-state index contributed by atoms with van der Waals surface area (Å²) in [5.41, 5.74) is 0. The Morgan fingerprint density at radius 3 is 2.57 bits per heavy atom. The number of rotatable bonds is 6. The molecule has 0 radical (unpaired) electrons. The number of hydrogen-bond acceptors (Lipinski definition) is 2. The predicted molar refractivity (Wildman–Crippen MR) is 59.4 cm³/mol. The van der Waals surface area contributed by atoms with Gasteiger partial charge in [0, 0.05) is 13.0 Å². The van der Waals surface area contributed by atoms with Gasteiger partial charge in [-0.3, -0.25) is 9.69 Å². The Morgan fingerprint density at radius 1 is 1.36 bits per heavy atom. The van der Waals surface area contributed by atoms with Gasteiger partial charge in [-0.15, -0.1) is 0 Å². The Kier molecular flexibility index (Phi) is 5.16. The largest absolute Gasteiger partial charge is 0.299 e. The van der Waals surface area contributed by atoms with Crippen LogP contribution >= 0.6 is 0 Å². The fourth-order valence-corrected chi connectivity index (χ4v) is 2.36. The summed E-state index contributed by atoms with van der Waals surface area (Å²) in [5, 5.41) is 0. The van der Waals surface area contributed by atoms with Crippen molar-refractivity contribution in [3.8, 4) is 0 Å². The van der Waals surface area contributed by atoms with Crippen LogP contribution in [0.3, 0.4) is 0 Å². The molecule has 0 aromatic carbocycles. The van der Waals surface area contributed by atoms with Gasteiger partial charge in [-0.2, -0.15) is 0 Å². The first-order chi connectivity index (χ1) is 6.72. The standard InChI is InChI=1S/C12H23NO/c1-3-6-12(14)10-13(2)9-11-7-4-5-8-11/h11H,3-10H2,1-2H3. The molecule has 2 heteroatoms. The lowest BCUT2D eigenvalue weighted by atomic mass is 10.1. The molecule has 0 aromatic heterocycles. The van der Waals surface area contributed by atoms with Crippen LogP contribution in [0.25, 0.3) is 0 Å². The zero-order valence-corrected chi connectivity index (χ0v) is 9.59. The molecule has 82 valence electrons.